The van der Waals surface area contributed by atoms with Crippen molar-refractivity contribution in [2.24, 2.45) is 0 Å². The molecule has 110 valence electrons. The van der Waals surface area contributed by atoms with Crippen LogP contribution in [0.4, 0.5) is 0 Å². The van der Waals surface area contributed by atoms with E-state index in [1.165, 1.54) is 64.2 Å². The van der Waals surface area contributed by atoms with Crippen molar-refractivity contribution in [1.82, 2.24) is 4.90 Å². The summed E-state index contributed by atoms with van der Waals surface area (Å²) < 4.78 is 0. The van der Waals surface area contributed by atoms with Crippen molar-refractivity contribution in [2.45, 2.75) is 95.2 Å². The van der Waals surface area contributed by atoms with E-state index < -0.39 is 0 Å². The van der Waals surface area contributed by atoms with Gasteiger partial charge < -0.3 is 0 Å². The monoisotopic (exact) mass is 272 g/mol. The maximum Gasteiger partial charge on any atom is 0.0944 e. The molecule has 2 fully saturated rings. The zero-order valence-electron chi connectivity index (χ0n) is 12.7. The van der Waals surface area contributed by atoms with Crippen molar-refractivity contribution in [3.8, 4) is 6.07 Å². The second-order valence-electron chi connectivity index (χ2n) is 6.97. The Morgan fingerprint density at radius 1 is 0.850 bits per heavy atom. The van der Waals surface area contributed by atoms with Gasteiger partial charge in [-0.3, -0.25) is 4.90 Å². The Balaban J connectivity index is 1.71. The highest BCUT2D eigenvalue weighted by Crippen LogP contribution is 2.36. The van der Waals surface area contributed by atoms with Crippen LogP contribution < -0.4 is 0 Å². The molecule has 0 aromatic rings. The van der Waals surface area contributed by atoms with E-state index in [0.717, 1.165) is 30.5 Å². The Morgan fingerprint density at radius 3 is 1.85 bits per heavy atom. The zero-order chi connectivity index (χ0) is 13.8. The molecule has 3 aliphatic rings. The fourth-order valence-corrected chi connectivity index (χ4v) is 4.67. The van der Waals surface area contributed by atoms with Crippen LogP contribution in [0.5, 0.6) is 0 Å². The lowest BCUT2D eigenvalue weighted by atomic mass is 9.87. The molecule has 1 unspecified atom stereocenters. The van der Waals surface area contributed by atoms with Crippen LogP contribution in [0.2, 0.25) is 0 Å². The predicted octanol–water partition coefficient (Wildman–Crippen LogP) is 4.57. The molecule has 0 aromatic carbocycles. The van der Waals surface area contributed by atoms with E-state index in [1.807, 2.05) is 0 Å². The topological polar surface area (TPSA) is 27.0 Å². The number of rotatable bonds is 3. The van der Waals surface area contributed by atoms with E-state index in [-0.39, 0.29) is 0 Å². The molecule has 20 heavy (non-hydrogen) atoms. The van der Waals surface area contributed by atoms with Crippen LogP contribution >= 0.6 is 0 Å². The first-order chi connectivity index (χ1) is 9.88. The van der Waals surface area contributed by atoms with E-state index >= 15 is 0 Å². The molecule has 1 atom stereocenters. The second kappa shape index (κ2) is 6.76. The average Bonchev–Trinajstić information content (AvgIpc) is 2.98. The van der Waals surface area contributed by atoms with Gasteiger partial charge in [0, 0.05) is 23.7 Å². The lowest BCUT2D eigenvalue weighted by Gasteiger charge is -2.45. The van der Waals surface area contributed by atoms with E-state index in [1.54, 1.807) is 0 Å². The third kappa shape index (κ3) is 3.09. The summed E-state index contributed by atoms with van der Waals surface area (Å²) in [5.74, 6) is 0. The molecule has 3 rings (SSSR count). The zero-order valence-corrected chi connectivity index (χ0v) is 12.7. The minimum atomic E-state index is 0.635. The Bertz CT molecular complexity index is 363. The third-order valence-corrected chi connectivity index (χ3v) is 5.65. The van der Waals surface area contributed by atoms with Crippen molar-refractivity contribution < 1.29 is 0 Å². The molecule has 0 bridgehead atoms. The van der Waals surface area contributed by atoms with Crippen molar-refractivity contribution in [1.29, 1.82) is 5.26 Å². The highest BCUT2D eigenvalue weighted by Gasteiger charge is 2.35. The van der Waals surface area contributed by atoms with Crippen molar-refractivity contribution in [3.63, 3.8) is 0 Å². The highest BCUT2D eigenvalue weighted by molar-refractivity contribution is 5.26. The van der Waals surface area contributed by atoms with Gasteiger partial charge in [-0.1, -0.05) is 44.6 Å². The summed E-state index contributed by atoms with van der Waals surface area (Å²) in [5, 5.41) is 9.15. The average molecular weight is 272 g/mol. The summed E-state index contributed by atoms with van der Waals surface area (Å²) in [6, 6.07) is 4.64. The van der Waals surface area contributed by atoms with Gasteiger partial charge in [-0.15, -0.1) is 0 Å². The minimum absolute atomic E-state index is 0.635. The molecule has 2 saturated carbocycles. The maximum absolute atomic E-state index is 9.15. The summed E-state index contributed by atoms with van der Waals surface area (Å²) in [6.45, 7) is 0. The molecule has 0 N–H and O–H groups in total. The number of hydrogen-bond acceptors (Lipinski definition) is 2. The third-order valence-electron chi connectivity index (χ3n) is 5.65. The molecule has 2 heteroatoms. The summed E-state index contributed by atoms with van der Waals surface area (Å²) in [6.07, 6.45) is 18.5. The number of nitriles is 1. The standard InChI is InChI=1S/C18H28N2/c19-14-15-11-12-18(13-15)20(16-7-3-1-4-8-16)17-9-5-2-6-10-17/h11,16-18H,1-10,12-13H2. The Hall–Kier alpha value is -0.810. The van der Waals surface area contributed by atoms with Crippen molar-refractivity contribution >= 4 is 0 Å². The molecular formula is C18H28N2. The van der Waals surface area contributed by atoms with Gasteiger partial charge in [-0.2, -0.15) is 5.26 Å². The van der Waals surface area contributed by atoms with E-state index in [4.69, 9.17) is 5.26 Å². The van der Waals surface area contributed by atoms with Gasteiger partial charge in [-0.05, 0) is 38.5 Å². The molecule has 0 spiro atoms. The molecule has 0 saturated heterocycles. The van der Waals surface area contributed by atoms with Gasteiger partial charge in [0.15, 0.2) is 0 Å². The van der Waals surface area contributed by atoms with Gasteiger partial charge in [0.2, 0.25) is 0 Å². The van der Waals surface area contributed by atoms with Crippen molar-refractivity contribution in [2.75, 3.05) is 0 Å². The van der Waals surface area contributed by atoms with Crippen LogP contribution in [0.1, 0.15) is 77.0 Å². The van der Waals surface area contributed by atoms with Gasteiger partial charge in [0.25, 0.3) is 0 Å². The summed E-state index contributed by atoms with van der Waals surface area (Å²) >= 11 is 0. The Kier molecular flexibility index (Phi) is 4.78. The van der Waals surface area contributed by atoms with Crippen LogP contribution in [0.25, 0.3) is 0 Å². The maximum atomic E-state index is 9.15. The summed E-state index contributed by atoms with van der Waals surface area (Å²) in [5.41, 5.74) is 1.03. The van der Waals surface area contributed by atoms with E-state index in [2.05, 4.69) is 17.0 Å². The quantitative estimate of drug-likeness (QED) is 0.752. The number of nitrogens with zero attached hydrogens (tertiary/aromatic N) is 2. The fraction of sp³-hybridized carbons (Fsp3) is 0.833. The smallest absolute Gasteiger partial charge is 0.0944 e. The van der Waals surface area contributed by atoms with Gasteiger partial charge in [-0.25, -0.2) is 0 Å². The Morgan fingerprint density at radius 2 is 1.40 bits per heavy atom. The first kappa shape index (κ1) is 14.1. The second-order valence-corrected chi connectivity index (χ2v) is 6.97. The Labute approximate surface area is 123 Å². The molecule has 0 heterocycles. The molecule has 0 aliphatic heterocycles. The van der Waals surface area contributed by atoms with E-state index in [0.29, 0.717) is 6.04 Å². The molecule has 2 nitrogen and oxygen atoms in total. The lowest BCUT2D eigenvalue weighted by Crippen LogP contribution is -2.50. The molecule has 0 radical (unpaired) electrons. The van der Waals surface area contributed by atoms with Gasteiger partial charge >= 0.3 is 0 Å². The molecule has 3 aliphatic carbocycles. The normalized spacial score (nSPS) is 29.4. The largest absolute Gasteiger partial charge is 0.294 e. The fourth-order valence-electron chi connectivity index (χ4n) is 4.67. The van der Waals surface area contributed by atoms with Crippen LogP contribution in [0, 0.1) is 11.3 Å². The first-order valence-corrected chi connectivity index (χ1v) is 8.75. The van der Waals surface area contributed by atoms with Crippen molar-refractivity contribution in [3.05, 3.63) is 11.6 Å². The van der Waals surface area contributed by atoms with Crippen LogP contribution in [0.15, 0.2) is 11.6 Å². The molecular weight excluding hydrogens is 244 g/mol. The van der Waals surface area contributed by atoms with Gasteiger partial charge in [0.05, 0.1) is 6.07 Å². The first-order valence-electron chi connectivity index (χ1n) is 8.75. The molecule has 0 aromatic heterocycles. The predicted molar refractivity (Wildman–Crippen MR) is 82.3 cm³/mol. The summed E-state index contributed by atoms with van der Waals surface area (Å²) in [7, 11) is 0. The minimum Gasteiger partial charge on any atom is -0.294 e. The van der Waals surface area contributed by atoms with E-state index in [9.17, 15) is 0 Å². The lowest BCUT2D eigenvalue weighted by molar-refractivity contribution is 0.0416. The van der Waals surface area contributed by atoms with Crippen LogP contribution in [-0.4, -0.2) is 23.0 Å². The number of hydrogen-bond donors (Lipinski definition) is 0. The van der Waals surface area contributed by atoms with Crippen LogP contribution in [0.3, 0.4) is 0 Å². The summed E-state index contributed by atoms with van der Waals surface area (Å²) in [4.78, 5) is 2.89. The SMILES string of the molecule is N#CC1=CCC(N(C2CCCCC2)C2CCCCC2)C1. The highest BCUT2D eigenvalue weighted by atomic mass is 15.2. The van der Waals surface area contributed by atoms with Crippen LogP contribution in [-0.2, 0) is 0 Å². The molecule has 0 amide bonds. The van der Waals surface area contributed by atoms with Gasteiger partial charge in [0.1, 0.15) is 0 Å².